The maximum absolute atomic E-state index is 12.6. The molecule has 2 N–H and O–H groups in total. The van der Waals surface area contributed by atoms with Gasteiger partial charge in [-0.3, -0.25) is 14.5 Å². The Morgan fingerprint density at radius 3 is 2.64 bits per heavy atom. The van der Waals surface area contributed by atoms with Gasteiger partial charge in [-0.05, 0) is 31.9 Å². The lowest BCUT2D eigenvalue weighted by atomic mass is 9.93. The maximum Gasteiger partial charge on any atom is 0.325 e. The van der Waals surface area contributed by atoms with Gasteiger partial charge < -0.3 is 19.8 Å². The molecule has 0 bridgehead atoms. The van der Waals surface area contributed by atoms with Gasteiger partial charge in [0, 0.05) is 5.39 Å². The first-order valence-corrected chi connectivity index (χ1v) is 9.35. The van der Waals surface area contributed by atoms with Crippen molar-refractivity contribution in [3.63, 3.8) is 0 Å². The summed E-state index contributed by atoms with van der Waals surface area (Å²) in [4.78, 5) is 38.2. The molecule has 1 aromatic carbocycles. The number of hydrogen-bond acceptors (Lipinski definition) is 5. The molecule has 1 aromatic heterocycles. The summed E-state index contributed by atoms with van der Waals surface area (Å²) in [5.41, 5.74) is -0.316. The highest BCUT2D eigenvalue weighted by atomic mass is 16.5. The number of carbonyl (C=O) groups excluding carboxylic acids is 3. The third kappa shape index (κ3) is 3.30. The summed E-state index contributed by atoms with van der Waals surface area (Å²) in [5, 5.41) is 6.35. The van der Waals surface area contributed by atoms with Crippen molar-refractivity contribution in [1.29, 1.82) is 0 Å². The number of hydrogen-bond donors (Lipinski definition) is 2. The molecule has 1 aliphatic heterocycles. The predicted molar refractivity (Wildman–Crippen MR) is 103 cm³/mol. The van der Waals surface area contributed by atoms with Gasteiger partial charge in [0.05, 0.1) is 13.2 Å². The lowest BCUT2D eigenvalue weighted by Gasteiger charge is -2.23. The van der Waals surface area contributed by atoms with Crippen LogP contribution in [0.25, 0.3) is 11.0 Å². The molecule has 8 heteroatoms. The number of benzene rings is 1. The van der Waals surface area contributed by atoms with E-state index < -0.39 is 23.5 Å². The average Bonchev–Trinajstić information content (AvgIpc) is 3.22. The first-order valence-electron chi connectivity index (χ1n) is 9.35. The van der Waals surface area contributed by atoms with Gasteiger partial charge in [0.1, 0.15) is 17.8 Å². The van der Waals surface area contributed by atoms with E-state index in [1.807, 2.05) is 32.0 Å². The lowest BCUT2D eigenvalue weighted by molar-refractivity contribution is -0.135. The van der Waals surface area contributed by atoms with E-state index in [0.717, 1.165) is 10.3 Å². The molecule has 8 nitrogen and oxygen atoms in total. The van der Waals surface area contributed by atoms with Crippen molar-refractivity contribution in [3.05, 3.63) is 30.0 Å². The molecule has 0 spiro atoms. The summed E-state index contributed by atoms with van der Waals surface area (Å²) in [6, 6.07) is 6.40. The second-order valence-corrected chi connectivity index (χ2v) is 6.93. The highest BCUT2D eigenvalue weighted by Gasteiger charge is 2.49. The number of nitrogens with zero attached hydrogens (tertiary/aromatic N) is 1. The SMILES string of the molecule is CCC1(CC)NC(=O)N(CC(=O)NC(C)c2cc3cccc(OC)c3o2)C1=O. The second kappa shape index (κ2) is 7.53. The summed E-state index contributed by atoms with van der Waals surface area (Å²) in [7, 11) is 1.56. The molecular formula is C20H25N3O5. The van der Waals surface area contributed by atoms with Crippen LogP contribution in [0.3, 0.4) is 0 Å². The molecule has 0 saturated carbocycles. The smallest absolute Gasteiger partial charge is 0.325 e. The topological polar surface area (TPSA) is 101 Å². The zero-order valence-electron chi connectivity index (χ0n) is 16.5. The Morgan fingerprint density at radius 2 is 2.04 bits per heavy atom. The number of furan rings is 1. The van der Waals surface area contributed by atoms with Crippen molar-refractivity contribution in [1.82, 2.24) is 15.5 Å². The zero-order valence-corrected chi connectivity index (χ0v) is 16.5. The number of amides is 4. The zero-order chi connectivity index (χ0) is 20.5. The molecule has 2 heterocycles. The van der Waals surface area contributed by atoms with Crippen LogP contribution in [0.2, 0.25) is 0 Å². The fraction of sp³-hybridized carbons (Fsp3) is 0.450. The molecule has 4 amide bonds. The van der Waals surface area contributed by atoms with E-state index in [-0.39, 0.29) is 12.5 Å². The average molecular weight is 387 g/mol. The normalized spacial score (nSPS) is 16.9. The summed E-state index contributed by atoms with van der Waals surface area (Å²) < 4.78 is 11.1. The Morgan fingerprint density at radius 1 is 1.32 bits per heavy atom. The highest BCUT2D eigenvalue weighted by Crippen LogP contribution is 2.31. The number of urea groups is 1. The minimum atomic E-state index is -0.918. The molecule has 1 saturated heterocycles. The van der Waals surface area contributed by atoms with Gasteiger partial charge in [-0.2, -0.15) is 0 Å². The number of methoxy groups -OCH3 is 1. The van der Waals surface area contributed by atoms with Crippen LogP contribution in [0, 0.1) is 0 Å². The van der Waals surface area contributed by atoms with E-state index in [2.05, 4.69) is 10.6 Å². The quantitative estimate of drug-likeness (QED) is 0.712. The number of rotatable bonds is 7. The van der Waals surface area contributed by atoms with Gasteiger partial charge in [-0.15, -0.1) is 0 Å². The van der Waals surface area contributed by atoms with Gasteiger partial charge in [0.15, 0.2) is 11.3 Å². The maximum atomic E-state index is 12.6. The van der Waals surface area contributed by atoms with Crippen LogP contribution in [0.15, 0.2) is 28.7 Å². The fourth-order valence-corrected chi connectivity index (χ4v) is 3.48. The Bertz CT molecular complexity index is 916. The third-order valence-electron chi connectivity index (χ3n) is 5.31. The molecule has 0 radical (unpaired) electrons. The van der Waals surface area contributed by atoms with Crippen molar-refractivity contribution in [3.8, 4) is 5.75 Å². The van der Waals surface area contributed by atoms with Crippen molar-refractivity contribution >= 4 is 28.8 Å². The van der Waals surface area contributed by atoms with Crippen LogP contribution in [-0.2, 0) is 9.59 Å². The number of fused-ring (bicyclic) bond motifs is 1. The number of carbonyl (C=O) groups is 3. The van der Waals surface area contributed by atoms with E-state index in [0.29, 0.717) is 29.9 Å². The molecule has 1 fully saturated rings. The summed E-state index contributed by atoms with van der Waals surface area (Å²) >= 11 is 0. The van der Waals surface area contributed by atoms with Crippen molar-refractivity contribution < 1.29 is 23.5 Å². The lowest BCUT2D eigenvalue weighted by Crippen LogP contribution is -2.46. The Kier molecular flexibility index (Phi) is 5.31. The molecule has 3 rings (SSSR count). The highest BCUT2D eigenvalue weighted by molar-refractivity contribution is 6.09. The standard InChI is InChI=1S/C20H25N3O5/c1-5-20(6-2)18(25)23(19(26)22-20)11-16(24)21-12(3)15-10-13-8-7-9-14(27-4)17(13)28-15/h7-10,12H,5-6,11H2,1-4H3,(H,21,24)(H,22,26). The van der Waals surface area contributed by atoms with Crippen LogP contribution < -0.4 is 15.4 Å². The van der Waals surface area contributed by atoms with Crippen molar-refractivity contribution in [2.45, 2.75) is 45.2 Å². The number of imide groups is 1. The van der Waals surface area contributed by atoms with Gasteiger partial charge in [0.25, 0.3) is 5.91 Å². The molecule has 150 valence electrons. The van der Waals surface area contributed by atoms with Crippen LogP contribution in [0.1, 0.15) is 45.4 Å². The van der Waals surface area contributed by atoms with Gasteiger partial charge >= 0.3 is 6.03 Å². The number of nitrogens with one attached hydrogen (secondary N) is 2. The summed E-state index contributed by atoms with van der Waals surface area (Å²) in [6.45, 7) is 5.11. The first-order chi connectivity index (χ1) is 13.3. The summed E-state index contributed by atoms with van der Waals surface area (Å²) in [6.07, 6.45) is 0.951. The fourth-order valence-electron chi connectivity index (χ4n) is 3.48. The Hall–Kier alpha value is -3.03. The summed E-state index contributed by atoms with van der Waals surface area (Å²) in [5.74, 6) is 0.365. The van der Waals surface area contributed by atoms with Crippen LogP contribution in [0.4, 0.5) is 4.79 Å². The molecule has 1 atom stereocenters. The van der Waals surface area contributed by atoms with Gasteiger partial charge in [-0.1, -0.05) is 26.0 Å². The monoisotopic (exact) mass is 387 g/mol. The van der Waals surface area contributed by atoms with E-state index in [1.54, 1.807) is 20.1 Å². The molecule has 1 unspecified atom stereocenters. The van der Waals surface area contributed by atoms with Crippen molar-refractivity contribution in [2.75, 3.05) is 13.7 Å². The third-order valence-corrected chi connectivity index (χ3v) is 5.31. The molecular weight excluding hydrogens is 362 g/mol. The number of ether oxygens (including phenoxy) is 1. The van der Waals surface area contributed by atoms with E-state index in [9.17, 15) is 14.4 Å². The molecule has 28 heavy (non-hydrogen) atoms. The van der Waals surface area contributed by atoms with Crippen molar-refractivity contribution in [2.24, 2.45) is 0 Å². The second-order valence-electron chi connectivity index (χ2n) is 6.93. The van der Waals surface area contributed by atoms with E-state index >= 15 is 0 Å². The van der Waals surface area contributed by atoms with Crippen LogP contribution >= 0.6 is 0 Å². The predicted octanol–water partition coefficient (Wildman–Crippen LogP) is 2.73. The minimum absolute atomic E-state index is 0.333. The van der Waals surface area contributed by atoms with Crippen LogP contribution in [0.5, 0.6) is 5.75 Å². The Balaban J connectivity index is 1.70. The van der Waals surface area contributed by atoms with E-state index in [4.69, 9.17) is 9.15 Å². The molecule has 0 aliphatic carbocycles. The minimum Gasteiger partial charge on any atom is -0.493 e. The van der Waals surface area contributed by atoms with E-state index in [1.165, 1.54) is 0 Å². The first kappa shape index (κ1) is 19.7. The van der Waals surface area contributed by atoms with Gasteiger partial charge in [0.2, 0.25) is 5.91 Å². The molecule has 2 aromatic rings. The van der Waals surface area contributed by atoms with Crippen LogP contribution in [-0.4, -0.2) is 41.9 Å². The molecule has 1 aliphatic rings. The largest absolute Gasteiger partial charge is 0.493 e. The number of para-hydroxylation sites is 1. The van der Waals surface area contributed by atoms with Gasteiger partial charge in [-0.25, -0.2) is 4.79 Å². The Labute approximate surface area is 163 Å².